The van der Waals surface area contributed by atoms with Gasteiger partial charge in [-0.15, -0.1) is 0 Å². The molecule has 3 rings (SSSR count). The van der Waals surface area contributed by atoms with E-state index in [9.17, 15) is 5.11 Å². The summed E-state index contributed by atoms with van der Waals surface area (Å²) in [6.45, 7) is 2.88. The molecule has 0 bridgehead atoms. The molecule has 0 amide bonds. The molecule has 0 aromatic carbocycles. The van der Waals surface area contributed by atoms with Crippen molar-refractivity contribution in [3.05, 3.63) is 0 Å². The van der Waals surface area contributed by atoms with Gasteiger partial charge in [0.15, 0.2) is 0 Å². The van der Waals surface area contributed by atoms with Gasteiger partial charge in [-0.2, -0.15) is 11.8 Å². The molecule has 4 heteroatoms. The van der Waals surface area contributed by atoms with Crippen LogP contribution in [0.25, 0.3) is 0 Å². The molecule has 3 aliphatic heterocycles. The SMILES string of the molecule is OC1CCN(C2CCOC3(CCSC3)C2)C1. The van der Waals surface area contributed by atoms with Crippen molar-refractivity contribution < 1.29 is 9.84 Å². The van der Waals surface area contributed by atoms with Crippen molar-refractivity contribution in [1.82, 2.24) is 4.90 Å². The van der Waals surface area contributed by atoms with E-state index in [0.717, 1.165) is 32.5 Å². The minimum Gasteiger partial charge on any atom is -0.392 e. The van der Waals surface area contributed by atoms with Gasteiger partial charge >= 0.3 is 0 Å². The fourth-order valence-corrected chi connectivity index (χ4v) is 4.65. The third-order valence-electron chi connectivity index (χ3n) is 4.25. The van der Waals surface area contributed by atoms with Gasteiger partial charge in [-0.1, -0.05) is 0 Å². The summed E-state index contributed by atoms with van der Waals surface area (Å²) in [5.41, 5.74) is 0.182. The Labute approximate surface area is 102 Å². The molecule has 3 unspecified atom stereocenters. The van der Waals surface area contributed by atoms with Gasteiger partial charge in [-0.3, -0.25) is 4.90 Å². The molecule has 16 heavy (non-hydrogen) atoms. The Balaban J connectivity index is 1.63. The lowest BCUT2D eigenvalue weighted by atomic mass is 9.89. The Morgan fingerprint density at radius 3 is 3.00 bits per heavy atom. The van der Waals surface area contributed by atoms with Gasteiger partial charge in [0, 0.05) is 31.5 Å². The Morgan fingerprint density at radius 1 is 1.38 bits per heavy atom. The van der Waals surface area contributed by atoms with E-state index in [1.54, 1.807) is 0 Å². The number of hydrogen-bond donors (Lipinski definition) is 1. The summed E-state index contributed by atoms with van der Waals surface area (Å²) in [6, 6.07) is 0.657. The maximum atomic E-state index is 9.61. The third-order valence-corrected chi connectivity index (χ3v) is 5.47. The Kier molecular flexibility index (Phi) is 3.17. The lowest BCUT2D eigenvalue weighted by Crippen LogP contribution is -2.48. The highest BCUT2D eigenvalue weighted by molar-refractivity contribution is 7.99. The minimum absolute atomic E-state index is 0.0863. The standard InChI is InChI=1S/C12H21NO2S/c14-11-1-4-13(8-11)10-2-5-15-12(7-10)3-6-16-9-12/h10-11,14H,1-9H2. The number of thioether (sulfide) groups is 1. The summed E-state index contributed by atoms with van der Waals surface area (Å²) in [4.78, 5) is 2.48. The van der Waals surface area contributed by atoms with Gasteiger partial charge in [-0.05, 0) is 31.4 Å². The summed E-state index contributed by atoms with van der Waals surface area (Å²) in [5, 5.41) is 9.61. The first-order valence-corrected chi connectivity index (χ1v) is 7.57. The molecule has 1 N–H and O–H groups in total. The first-order chi connectivity index (χ1) is 7.77. The van der Waals surface area contributed by atoms with Crippen molar-refractivity contribution in [3.8, 4) is 0 Å². The zero-order valence-electron chi connectivity index (χ0n) is 9.73. The molecule has 3 heterocycles. The molecule has 0 aromatic heterocycles. The Hall–Kier alpha value is 0.230. The monoisotopic (exact) mass is 243 g/mol. The molecule has 3 nitrogen and oxygen atoms in total. The van der Waals surface area contributed by atoms with Crippen LogP contribution in [0.3, 0.4) is 0 Å². The number of ether oxygens (including phenoxy) is 1. The fourth-order valence-electron chi connectivity index (χ4n) is 3.28. The highest BCUT2D eigenvalue weighted by Crippen LogP contribution is 2.40. The number of nitrogens with zero attached hydrogens (tertiary/aromatic N) is 1. The first kappa shape index (κ1) is 11.3. The van der Waals surface area contributed by atoms with Crippen LogP contribution in [0.4, 0.5) is 0 Å². The van der Waals surface area contributed by atoms with Gasteiger partial charge in [-0.25, -0.2) is 0 Å². The van der Waals surface area contributed by atoms with Crippen LogP contribution in [0.15, 0.2) is 0 Å². The summed E-state index contributed by atoms with van der Waals surface area (Å²) in [6.07, 6.45) is 4.44. The van der Waals surface area contributed by atoms with Crippen molar-refractivity contribution in [1.29, 1.82) is 0 Å². The van der Waals surface area contributed by atoms with Gasteiger partial charge in [0.05, 0.1) is 11.7 Å². The number of hydrogen-bond acceptors (Lipinski definition) is 4. The number of likely N-dealkylation sites (tertiary alicyclic amines) is 1. The van der Waals surface area contributed by atoms with Crippen molar-refractivity contribution in [3.63, 3.8) is 0 Å². The highest BCUT2D eigenvalue weighted by atomic mass is 32.2. The predicted molar refractivity (Wildman–Crippen MR) is 65.8 cm³/mol. The van der Waals surface area contributed by atoms with E-state index < -0.39 is 0 Å². The summed E-state index contributed by atoms with van der Waals surface area (Å²) in [5.74, 6) is 2.44. The Morgan fingerprint density at radius 2 is 2.31 bits per heavy atom. The minimum atomic E-state index is -0.0863. The second kappa shape index (κ2) is 4.48. The molecular formula is C12H21NO2S. The quantitative estimate of drug-likeness (QED) is 0.748. The van der Waals surface area contributed by atoms with Crippen molar-refractivity contribution in [2.24, 2.45) is 0 Å². The lowest BCUT2D eigenvalue weighted by molar-refractivity contribution is -0.0877. The number of β-amino-alcohol motifs (C(OH)–C–C–N with tert-alkyl or cyclic N) is 1. The maximum absolute atomic E-state index is 9.61. The molecule has 92 valence electrons. The number of aliphatic hydroxyl groups excluding tert-OH is 1. The summed E-state index contributed by atoms with van der Waals surface area (Å²) < 4.78 is 6.03. The van der Waals surface area contributed by atoms with E-state index in [1.807, 2.05) is 11.8 Å². The molecule has 3 aliphatic rings. The van der Waals surface area contributed by atoms with Crippen molar-refractivity contribution in [2.75, 3.05) is 31.2 Å². The van der Waals surface area contributed by atoms with Crippen LogP contribution in [0, 0.1) is 0 Å². The topological polar surface area (TPSA) is 32.7 Å². The smallest absolute Gasteiger partial charge is 0.0795 e. The number of aliphatic hydroxyl groups is 1. The molecule has 3 saturated heterocycles. The molecule has 3 fully saturated rings. The summed E-state index contributed by atoms with van der Waals surface area (Å²) in [7, 11) is 0. The molecule has 0 radical (unpaired) electrons. The zero-order chi connectivity index (χ0) is 11.0. The van der Waals surface area contributed by atoms with Gasteiger partial charge in [0.25, 0.3) is 0 Å². The van der Waals surface area contributed by atoms with Crippen LogP contribution >= 0.6 is 11.8 Å². The van der Waals surface area contributed by atoms with Crippen LogP contribution in [-0.2, 0) is 4.74 Å². The van der Waals surface area contributed by atoms with Gasteiger partial charge < -0.3 is 9.84 Å². The average Bonchev–Trinajstić information content (AvgIpc) is 2.89. The molecule has 1 spiro atoms. The van der Waals surface area contributed by atoms with Crippen molar-refractivity contribution in [2.45, 2.75) is 43.4 Å². The van der Waals surface area contributed by atoms with Crippen molar-refractivity contribution >= 4 is 11.8 Å². The van der Waals surface area contributed by atoms with Gasteiger partial charge in [0.2, 0.25) is 0 Å². The molecule has 0 aliphatic carbocycles. The fraction of sp³-hybridized carbons (Fsp3) is 1.00. The van der Waals surface area contributed by atoms with E-state index >= 15 is 0 Å². The average molecular weight is 243 g/mol. The zero-order valence-corrected chi connectivity index (χ0v) is 10.5. The first-order valence-electron chi connectivity index (χ1n) is 6.41. The maximum Gasteiger partial charge on any atom is 0.0795 e. The lowest BCUT2D eigenvalue weighted by Gasteiger charge is -2.41. The Bertz CT molecular complexity index is 255. The van der Waals surface area contributed by atoms with E-state index in [1.165, 1.54) is 24.3 Å². The van der Waals surface area contributed by atoms with Crippen LogP contribution < -0.4 is 0 Å². The second-order valence-electron chi connectivity index (χ2n) is 5.42. The van der Waals surface area contributed by atoms with E-state index in [2.05, 4.69) is 4.90 Å². The van der Waals surface area contributed by atoms with E-state index in [0.29, 0.717) is 6.04 Å². The van der Waals surface area contributed by atoms with Gasteiger partial charge in [0.1, 0.15) is 0 Å². The molecule has 3 atom stereocenters. The molecular weight excluding hydrogens is 222 g/mol. The van der Waals surface area contributed by atoms with E-state index in [4.69, 9.17) is 4.74 Å². The van der Waals surface area contributed by atoms with E-state index in [-0.39, 0.29) is 11.7 Å². The second-order valence-corrected chi connectivity index (χ2v) is 6.52. The summed E-state index contributed by atoms with van der Waals surface area (Å²) >= 11 is 2.03. The van der Waals surface area contributed by atoms with Crippen LogP contribution in [0.5, 0.6) is 0 Å². The van der Waals surface area contributed by atoms with Crippen LogP contribution in [0.2, 0.25) is 0 Å². The normalized spacial score (nSPS) is 45.6. The molecule has 0 saturated carbocycles. The largest absolute Gasteiger partial charge is 0.392 e. The molecule has 0 aromatic rings. The third kappa shape index (κ3) is 2.13. The highest BCUT2D eigenvalue weighted by Gasteiger charge is 2.42. The predicted octanol–water partition coefficient (Wildman–Crippen LogP) is 1.11. The van der Waals surface area contributed by atoms with Crippen LogP contribution in [-0.4, -0.2) is 59.0 Å². The number of rotatable bonds is 1. The van der Waals surface area contributed by atoms with Crippen LogP contribution in [0.1, 0.15) is 25.7 Å².